The predicted octanol–water partition coefficient (Wildman–Crippen LogP) is -1.35. The largest absolute Gasteiger partial charge is 0.396 e. The van der Waals surface area contributed by atoms with Crippen molar-refractivity contribution >= 4 is 15.8 Å². The first-order valence-electron chi connectivity index (χ1n) is 3.97. The van der Waals surface area contributed by atoms with Gasteiger partial charge in [-0.2, -0.15) is 5.10 Å². The van der Waals surface area contributed by atoms with Crippen molar-refractivity contribution < 1.29 is 13.5 Å². The van der Waals surface area contributed by atoms with E-state index in [4.69, 9.17) is 10.8 Å². The van der Waals surface area contributed by atoms with Crippen molar-refractivity contribution in [2.24, 2.45) is 0 Å². The van der Waals surface area contributed by atoms with Gasteiger partial charge in [-0.1, -0.05) is 0 Å². The topological polar surface area (TPSA) is 121 Å². The van der Waals surface area contributed by atoms with E-state index in [0.717, 1.165) is 6.20 Å². The molecule has 1 aromatic heterocycles. The molecule has 0 aliphatic heterocycles. The molecule has 7 nitrogen and oxygen atoms in total. The fraction of sp³-hybridized carbons (Fsp3) is 0.500. The molecule has 1 heterocycles. The highest BCUT2D eigenvalue weighted by Crippen LogP contribution is 2.12. The van der Waals surface area contributed by atoms with E-state index in [1.54, 1.807) is 0 Å². The number of nitrogen functional groups attached to an aromatic ring is 1. The number of aromatic nitrogens is 2. The zero-order chi connectivity index (χ0) is 10.6. The number of aromatic amines is 1. The van der Waals surface area contributed by atoms with Gasteiger partial charge in [-0.05, 0) is 6.42 Å². The van der Waals surface area contributed by atoms with Crippen molar-refractivity contribution in [1.29, 1.82) is 0 Å². The van der Waals surface area contributed by atoms with Crippen molar-refractivity contribution in [3.05, 3.63) is 6.20 Å². The van der Waals surface area contributed by atoms with Crippen molar-refractivity contribution in [2.45, 2.75) is 11.3 Å². The maximum atomic E-state index is 11.5. The Morgan fingerprint density at radius 3 is 2.86 bits per heavy atom. The van der Waals surface area contributed by atoms with Crippen molar-refractivity contribution in [3.8, 4) is 0 Å². The Labute approximate surface area is 81.4 Å². The minimum atomic E-state index is -3.60. The van der Waals surface area contributed by atoms with Gasteiger partial charge in [0, 0.05) is 13.2 Å². The van der Waals surface area contributed by atoms with Crippen molar-refractivity contribution in [1.82, 2.24) is 14.9 Å². The lowest BCUT2D eigenvalue weighted by Gasteiger charge is -2.03. The average molecular weight is 220 g/mol. The second-order valence-corrected chi connectivity index (χ2v) is 4.36. The van der Waals surface area contributed by atoms with Crippen molar-refractivity contribution in [2.75, 3.05) is 18.9 Å². The van der Waals surface area contributed by atoms with Gasteiger partial charge in [0.25, 0.3) is 0 Å². The summed E-state index contributed by atoms with van der Waals surface area (Å²) in [5.74, 6) is 0.00139. The van der Waals surface area contributed by atoms with Crippen LogP contribution >= 0.6 is 0 Å². The van der Waals surface area contributed by atoms with Crippen molar-refractivity contribution in [3.63, 3.8) is 0 Å². The van der Waals surface area contributed by atoms with Gasteiger partial charge in [0.05, 0.1) is 6.20 Å². The summed E-state index contributed by atoms with van der Waals surface area (Å²) < 4.78 is 25.2. The minimum Gasteiger partial charge on any atom is -0.396 e. The van der Waals surface area contributed by atoms with E-state index in [1.165, 1.54) is 0 Å². The first kappa shape index (κ1) is 11.0. The van der Waals surface area contributed by atoms with Crippen LogP contribution in [-0.2, 0) is 10.0 Å². The Morgan fingerprint density at radius 2 is 2.36 bits per heavy atom. The van der Waals surface area contributed by atoms with E-state index in [2.05, 4.69) is 14.9 Å². The smallest absolute Gasteiger partial charge is 0.245 e. The summed E-state index contributed by atoms with van der Waals surface area (Å²) in [5, 5.41) is 14.3. The van der Waals surface area contributed by atoms with Gasteiger partial charge in [-0.25, -0.2) is 13.1 Å². The molecule has 0 unspecified atom stereocenters. The van der Waals surface area contributed by atoms with Gasteiger partial charge < -0.3 is 10.8 Å². The van der Waals surface area contributed by atoms with Crippen LogP contribution in [0.1, 0.15) is 6.42 Å². The number of rotatable bonds is 5. The molecule has 0 aliphatic rings. The van der Waals surface area contributed by atoms with Crippen LogP contribution in [0.2, 0.25) is 0 Å². The molecule has 8 heteroatoms. The third-order valence-corrected chi connectivity index (χ3v) is 3.04. The molecule has 0 spiro atoms. The Hall–Kier alpha value is -1.12. The summed E-state index contributed by atoms with van der Waals surface area (Å²) in [6, 6.07) is 0. The van der Waals surface area contributed by atoms with Gasteiger partial charge in [0.2, 0.25) is 10.0 Å². The molecule has 0 saturated heterocycles. The Kier molecular flexibility index (Phi) is 3.44. The summed E-state index contributed by atoms with van der Waals surface area (Å²) in [6.07, 6.45) is 1.49. The molecule has 14 heavy (non-hydrogen) atoms. The quantitative estimate of drug-likeness (QED) is 0.457. The second kappa shape index (κ2) is 4.40. The van der Waals surface area contributed by atoms with E-state index in [1.807, 2.05) is 0 Å². The maximum Gasteiger partial charge on any atom is 0.245 e. The van der Waals surface area contributed by atoms with Crippen LogP contribution < -0.4 is 10.5 Å². The molecule has 0 saturated carbocycles. The number of sulfonamides is 1. The molecule has 1 aromatic rings. The first-order valence-corrected chi connectivity index (χ1v) is 5.45. The highest BCUT2D eigenvalue weighted by atomic mass is 32.2. The van der Waals surface area contributed by atoms with Crippen LogP contribution in [0, 0.1) is 0 Å². The molecule has 0 amide bonds. The number of nitrogens with zero attached hydrogens (tertiary/aromatic N) is 1. The SMILES string of the molecule is Nc1[nH]ncc1S(=O)(=O)NCCCO. The van der Waals surface area contributed by atoms with Gasteiger partial charge in [0.1, 0.15) is 10.7 Å². The molecule has 0 radical (unpaired) electrons. The van der Waals surface area contributed by atoms with Crippen LogP contribution in [0.3, 0.4) is 0 Å². The molecule has 0 fully saturated rings. The van der Waals surface area contributed by atoms with E-state index in [-0.39, 0.29) is 23.9 Å². The van der Waals surface area contributed by atoms with E-state index < -0.39 is 10.0 Å². The molecular formula is C6H12N4O3S. The van der Waals surface area contributed by atoms with E-state index >= 15 is 0 Å². The monoisotopic (exact) mass is 220 g/mol. The second-order valence-electron chi connectivity index (χ2n) is 2.62. The highest BCUT2D eigenvalue weighted by Gasteiger charge is 2.18. The van der Waals surface area contributed by atoms with Crippen LogP contribution in [0.4, 0.5) is 5.82 Å². The lowest BCUT2D eigenvalue weighted by atomic mass is 10.5. The lowest BCUT2D eigenvalue weighted by Crippen LogP contribution is -2.25. The maximum absolute atomic E-state index is 11.5. The summed E-state index contributed by atoms with van der Waals surface area (Å²) >= 11 is 0. The van der Waals surface area contributed by atoms with Gasteiger partial charge in [-0.15, -0.1) is 0 Å². The predicted molar refractivity (Wildman–Crippen MR) is 49.9 cm³/mol. The normalized spacial score (nSPS) is 11.8. The Balaban J connectivity index is 2.72. The third kappa shape index (κ3) is 2.44. The number of aliphatic hydroxyl groups excluding tert-OH is 1. The Morgan fingerprint density at radius 1 is 1.64 bits per heavy atom. The highest BCUT2D eigenvalue weighted by molar-refractivity contribution is 7.89. The molecule has 5 N–H and O–H groups in total. The number of anilines is 1. The number of hydrogen-bond acceptors (Lipinski definition) is 5. The lowest BCUT2D eigenvalue weighted by molar-refractivity contribution is 0.289. The molecule has 1 rings (SSSR count). The summed E-state index contributed by atoms with van der Waals surface area (Å²) in [4.78, 5) is -0.0737. The third-order valence-electron chi connectivity index (χ3n) is 1.55. The van der Waals surface area contributed by atoms with Crippen LogP contribution in [0.15, 0.2) is 11.1 Å². The van der Waals surface area contributed by atoms with Crippen LogP contribution in [0.25, 0.3) is 0 Å². The number of nitrogens with one attached hydrogen (secondary N) is 2. The fourth-order valence-corrected chi connectivity index (χ4v) is 1.96. The average Bonchev–Trinajstić information content (AvgIpc) is 2.52. The van der Waals surface area contributed by atoms with Gasteiger partial charge in [-0.3, -0.25) is 5.10 Å². The fourth-order valence-electron chi connectivity index (χ4n) is 0.863. The summed E-state index contributed by atoms with van der Waals surface area (Å²) in [6.45, 7) is 0.104. The van der Waals surface area contributed by atoms with Crippen LogP contribution in [-0.4, -0.2) is 36.9 Å². The molecule has 80 valence electrons. The molecule has 0 aromatic carbocycles. The Bertz CT molecular complexity index is 386. The number of nitrogens with two attached hydrogens (primary N) is 1. The summed E-state index contributed by atoms with van der Waals surface area (Å²) in [7, 11) is -3.60. The van der Waals surface area contributed by atoms with Gasteiger partial charge in [0.15, 0.2) is 0 Å². The molecular weight excluding hydrogens is 208 g/mol. The molecule has 0 bridgehead atoms. The first-order chi connectivity index (χ1) is 6.58. The zero-order valence-corrected chi connectivity index (χ0v) is 8.21. The molecule has 0 aliphatic carbocycles. The zero-order valence-electron chi connectivity index (χ0n) is 7.40. The number of H-pyrrole nitrogens is 1. The molecule has 0 atom stereocenters. The summed E-state index contributed by atoms with van der Waals surface area (Å²) in [5.41, 5.74) is 5.34. The van der Waals surface area contributed by atoms with Crippen LogP contribution in [0.5, 0.6) is 0 Å². The number of aliphatic hydroxyl groups is 1. The van der Waals surface area contributed by atoms with Gasteiger partial charge >= 0.3 is 0 Å². The van der Waals surface area contributed by atoms with E-state index in [9.17, 15) is 8.42 Å². The number of hydrogen-bond donors (Lipinski definition) is 4. The minimum absolute atomic E-state index is 0.00139. The standard InChI is InChI=1S/C6H12N4O3S/c7-6-5(4-8-10-6)14(12,13)9-2-1-3-11/h4,9,11H,1-3H2,(H3,7,8,10). The van der Waals surface area contributed by atoms with E-state index in [0.29, 0.717) is 6.42 Å².